The number of rotatable bonds is 5. The van der Waals surface area contributed by atoms with Crippen LogP contribution in [0, 0.1) is 11.8 Å². The summed E-state index contributed by atoms with van der Waals surface area (Å²) >= 11 is 0. The molecule has 0 bridgehead atoms. The molecular formula is C13H25NO. The predicted octanol–water partition coefficient (Wildman–Crippen LogP) is 2.29. The van der Waals surface area contributed by atoms with Crippen LogP contribution in [0.3, 0.4) is 0 Å². The molecule has 1 fully saturated rings. The van der Waals surface area contributed by atoms with Crippen molar-refractivity contribution in [3.05, 3.63) is 12.2 Å². The lowest BCUT2D eigenvalue weighted by atomic mass is 9.79. The van der Waals surface area contributed by atoms with E-state index in [1.54, 1.807) is 0 Å². The quantitative estimate of drug-likeness (QED) is 0.705. The number of likely N-dealkylation sites (N-methyl/N-ethyl adjacent to an activating group) is 1. The summed E-state index contributed by atoms with van der Waals surface area (Å²) in [5.74, 6) is 1.63. The van der Waals surface area contributed by atoms with Crippen LogP contribution in [-0.4, -0.2) is 36.8 Å². The van der Waals surface area contributed by atoms with Crippen molar-refractivity contribution >= 4 is 0 Å². The molecule has 0 amide bonds. The van der Waals surface area contributed by atoms with Gasteiger partial charge in [-0.15, -0.1) is 0 Å². The molecule has 1 aliphatic carbocycles. The number of nitrogens with zero attached hydrogens (tertiary/aromatic N) is 1. The van der Waals surface area contributed by atoms with E-state index in [0.717, 1.165) is 24.9 Å². The van der Waals surface area contributed by atoms with Gasteiger partial charge >= 0.3 is 0 Å². The van der Waals surface area contributed by atoms with Gasteiger partial charge in [0.2, 0.25) is 0 Å². The summed E-state index contributed by atoms with van der Waals surface area (Å²) in [4.78, 5) is 2.15. The van der Waals surface area contributed by atoms with E-state index >= 15 is 0 Å². The van der Waals surface area contributed by atoms with Crippen molar-refractivity contribution in [2.45, 2.75) is 32.6 Å². The van der Waals surface area contributed by atoms with Crippen LogP contribution in [0.1, 0.15) is 32.6 Å². The van der Waals surface area contributed by atoms with Gasteiger partial charge in [-0.2, -0.15) is 0 Å². The molecule has 0 radical (unpaired) electrons. The Labute approximate surface area is 94.0 Å². The van der Waals surface area contributed by atoms with Crippen LogP contribution < -0.4 is 0 Å². The van der Waals surface area contributed by atoms with E-state index in [-0.39, 0.29) is 6.61 Å². The van der Waals surface area contributed by atoms with Gasteiger partial charge in [-0.1, -0.05) is 31.9 Å². The summed E-state index contributed by atoms with van der Waals surface area (Å²) in [7, 11) is 2.05. The molecule has 2 nitrogen and oxygen atoms in total. The molecule has 1 aliphatic rings. The van der Waals surface area contributed by atoms with Crippen LogP contribution in [0.2, 0.25) is 0 Å². The van der Waals surface area contributed by atoms with E-state index in [1.165, 1.54) is 31.3 Å². The van der Waals surface area contributed by atoms with Crippen molar-refractivity contribution in [2.24, 2.45) is 11.8 Å². The van der Waals surface area contributed by atoms with Gasteiger partial charge in [-0.05, 0) is 31.7 Å². The third-order valence-corrected chi connectivity index (χ3v) is 3.55. The SMILES string of the molecule is C=C(CN(C)CCO)C1CCC(C)CC1. The smallest absolute Gasteiger partial charge is 0.0558 e. The van der Waals surface area contributed by atoms with Crippen LogP contribution in [0.25, 0.3) is 0 Å². The highest BCUT2D eigenvalue weighted by Crippen LogP contribution is 2.32. The largest absolute Gasteiger partial charge is 0.395 e. The van der Waals surface area contributed by atoms with E-state index in [9.17, 15) is 0 Å². The summed E-state index contributed by atoms with van der Waals surface area (Å²) < 4.78 is 0. The Kier molecular flexibility index (Phi) is 5.34. The van der Waals surface area contributed by atoms with Crippen molar-refractivity contribution in [1.29, 1.82) is 0 Å². The molecule has 1 saturated carbocycles. The monoisotopic (exact) mass is 211 g/mol. The number of aliphatic hydroxyl groups excluding tert-OH is 1. The Bertz CT molecular complexity index is 195. The Morgan fingerprint density at radius 2 is 1.93 bits per heavy atom. The average Bonchev–Trinajstić information content (AvgIpc) is 2.18. The molecule has 0 aromatic heterocycles. The summed E-state index contributed by atoms with van der Waals surface area (Å²) in [6.45, 7) is 8.48. The van der Waals surface area contributed by atoms with E-state index in [4.69, 9.17) is 5.11 Å². The van der Waals surface area contributed by atoms with Crippen molar-refractivity contribution < 1.29 is 5.11 Å². The maximum Gasteiger partial charge on any atom is 0.0558 e. The van der Waals surface area contributed by atoms with E-state index in [1.807, 2.05) is 7.05 Å². The minimum Gasteiger partial charge on any atom is -0.395 e. The molecular weight excluding hydrogens is 186 g/mol. The molecule has 0 aromatic rings. The summed E-state index contributed by atoms with van der Waals surface area (Å²) in [6, 6.07) is 0. The fourth-order valence-electron chi connectivity index (χ4n) is 2.39. The normalized spacial score (nSPS) is 26.9. The Balaban J connectivity index is 2.27. The minimum atomic E-state index is 0.242. The van der Waals surface area contributed by atoms with Gasteiger partial charge in [0.1, 0.15) is 0 Å². The van der Waals surface area contributed by atoms with Crippen molar-refractivity contribution in [2.75, 3.05) is 26.7 Å². The summed E-state index contributed by atoms with van der Waals surface area (Å²) in [5, 5.41) is 8.82. The van der Waals surface area contributed by atoms with Crippen LogP contribution >= 0.6 is 0 Å². The maximum atomic E-state index is 8.82. The second kappa shape index (κ2) is 6.29. The van der Waals surface area contributed by atoms with Gasteiger partial charge in [0, 0.05) is 13.1 Å². The molecule has 0 atom stereocenters. The van der Waals surface area contributed by atoms with Crippen LogP contribution in [0.5, 0.6) is 0 Å². The highest BCUT2D eigenvalue weighted by Gasteiger charge is 2.20. The van der Waals surface area contributed by atoms with Crippen LogP contribution in [0.15, 0.2) is 12.2 Å². The topological polar surface area (TPSA) is 23.5 Å². The zero-order valence-corrected chi connectivity index (χ0v) is 10.2. The maximum absolute atomic E-state index is 8.82. The Hall–Kier alpha value is -0.340. The first-order valence-electron chi connectivity index (χ1n) is 6.10. The molecule has 15 heavy (non-hydrogen) atoms. The van der Waals surface area contributed by atoms with Crippen molar-refractivity contribution in [3.8, 4) is 0 Å². The lowest BCUT2D eigenvalue weighted by molar-refractivity contribution is 0.222. The first-order valence-corrected chi connectivity index (χ1v) is 6.10. The fraction of sp³-hybridized carbons (Fsp3) is 0.846. The summed E-state index contributed by atoms with van der Waals surface area (Å²) in [5.41, 5.74) is 1.36. The lowest BCUT2D eigenvalue weighted by Gasteiger charge is -2.29. The van der Waals surface area contributed by atoms with Crippen LogP contribution in [0.4, 0.5) is 0 Å². The molecule has 0 unspecified atom stereocenters. The van der Waals surface area contributed by atoms with Gasteiger partial charge in [-0.25, -0.2) is 0 Å². The van der Waals surface area contributed by atoms with E-state index < -0.39 is 0 Å². The van der Waals surface area contributed by atoms with Gasteiger partial charge < -0.3 is 10.0 Å². The third kappa shape index (κ3) is 4.35. The average molecular weight is 211 g/mol. The standard InChI is InChI=1S/C13H25NO/c1-11-4-6-13(7-5-11)12(2)10-14(3)8-9-15/h11,13,15H,2,4-10H2,1,3H3. The lowest BCUT2D eigenvalue weighted by Crippen LogP contribution is -2.27. The first-order chi connectivity index (χ1) is 7.13. The molecule has 0 aliphatic heterocycles. The van der Waals surface area contributed by atoms with E-state index in [2.05, 4.69) is 18.4 Å². The first kappa shape index (κ1) is 12.7. The summed E-state index contributed by atoms with van der Waals surface area (Å²) in [6.07, 6.45) is 5.33. The molecule has 2 heteroatoms. The second-order valence-corrected chi connectivity index (χ2v) is 5.08. The molecule has 88 valence electrons. The zero-order valence-electron chi connectivity index (χ0n) is 10.2. The van der Waals surface area contributed by atoms with Gasteiger partial charge in [0.15, 0.2) is 0 Å². The molecule has 1 rings (SSSR count). The number of hydrogen-bond donors (Lipinski definition) is 1. The predicted molar refractivity (Wildman–Crippen MR) is 64.8 cm³/mol. The number of aliphatic hydroxyl groups is 1. The van der Waals surface area contributed by atoms with Crippen molar-refractivity contribution in [3.63, 3.8) is 0 Å². The van der Waals surface area contributed by atoms with Crippen molar-refractivity contribution in [1.82, 2.24) is 4.90 Å². The van der Waals surface area contributed by atoms with Crippen LogP contribution in [-0.2, 0) is 0 Å². The number of hydrogen-bond acceptors (Lipinski definition) is 2. The Morgan fingerprint density at radius 1 is 1.33 bits per heavy atom. The van der Waals surface area contributed by atoms with Gasteiger partial charge in [0.25, 0.3) is 0 Å². The fourth-order valence-corrected chi connectivity index (χ4v) is 2.39. The molecule has 0 heterocycles. The van der Waals surface area contributed by atoms with Gasteiger partial charge in [-0.3, -0.25) is 0 Å². The molecule has 0 saturated heterocycles. The van der Waals surface area contributed by atoms with Gasteiger partial charge in [0.05, 0.1) is 6.61 Å². The highest BCUT2D eigenvalue weighted by molar-refractivity contribution is 5.04. The minimum absolute atomic E-state index is 0.242. The second-order valence-electron chi connectivity index (χ2n) is 5.08. The molecule has 1 N–H and O–H groups in total. The third-order valence-electron chi connectivity index (χ3n) is 3.55. The molecule has 0 spiro atoms. The van der Waals surface area contributed by atoms with E-state index in [0.29, 0.717) is 0 Å². The Morgan fingerprint density at radius 3 is 2.47 bits per heavy atom. The zero-order chi connectivity index (χ0) is 11.3. The highest BCUT2D eigenvalue weighted by atomic mass is 16.3. The molecule has 0 aromatic carbocycles.